The monoisotopic (exact) mass is 380 g/mol. The van der Waals surface area contributed by atoms with Crippen molar-refractivity contribution in [2.24, 2.45) is 0 Å². The van der Waals surface area contributed by atoms with E-state index in [1.807, 2.05) is 37.3 Å². The Morgan fingerprint density at radius 1 is 1.17 bits per heavy atom. The lowest BCUT2D eigenvalue weighted by atomic mass is 10.2. The third kappa shape index (κ3) is 5.41. The number of benzene rings is 1. The predicted octanol–water partition coefficient (Wildman–Crippen LogP) is 3.42. The molecule has 2 rings (SSSR count). The van der Waals surface area contributed by atoms with Crippen molar-refractivity contribution in [2.45, 2.75) is 13.5 Å². The van der Waals surface area contributed by atoms with Crippen molar-refractivity contribution < 1.29 is 14.2 Å². The molecule has 1 heterocycles. The number of nitrogens with one attached hydrogen (secondary N) is 1. The Hall–Kier alpha value is -1.79. The summed E-state index contributed by atoms with van der Waals surface area (Å²) in [6.07, 6.45) is 1.71. The van der Waals surface area contributed by atoms with Gasteiger partial charge in [-0.05, 0) is 30.7 Å². The fourth-order valence-corrected chi connectivity index (χ4v) is 2.49. The van der Waals surface area contributed by atoms with Gasteiger partial charge in [-0.15, -0.1) is 0 Å². The highest BCUT2D eigenvalue weighted by Gasteiger charge is 2.09. The van der Waals surface area contributed by atoms with Crippen LogP contribution in [0.3, 0.4) is 0 Å². The van der Waals surface area contributed by atoms with E-state index in [1.54, 1.807) is 13.3 Å². The van der Waals surface area contributed by atoms with Crippen molar-refractivity contribution in [3.8, 4) is 17.4 Å². The quantitative estimate of drug-likeness (QED) is 0.675. The minimum Gasteiger partial charge on any atom is -0.493 e. The second-order valence-corrected chi connectivity index (χ2v) is 5.58. The van der Waals surface area contributed by atoms with E-state index in [1.165, 1.54) is 0 Å². The van der Waals surface area contributed by atoms with Gasteiger partial charge < -0.3 is 19.5 Å². The topological polar surface area (TPSA) is 52.6 Å². The summed E-state index contributed by atoms with van der Waals surface area (Å²) in [5.41, 5.74) is 1.10. The molecule has 0 aliphatic rings. The first-order valence-corrected chi connectivity index (χ1v) is 8.27. The lowest BCUT2D eigenvalue weighted by Gasteiger charge is -2.13. The van der Waals surface area contributed by atoms with Crippen molar-refractivity contribution in [3.63, 3.8) is 0 Å². The molecule has 6 heteroatoms. The molecule has 0 saturated heterocycles. The highest BCUT2D eigenvalue weighted by molar-refractivity contribution is 9.10. The summed E-state index contributed by atoms with van der Waals surface area (Å²) in [7, 11) is 1.64. The van der Waals surface area contributed by atoms with E-state index in [4.69, 9.17) is 14.2 Å². The first-order valence-electron chi connectivity index (χ1n) is 7.48. The molecule has 1 N–H and O–H groups in total. The smallest absolute Gasteiger partial charge is 0.213 e. The molecule has 0 fully saturated rings. The Balaban J connectivity index is 1.83. The first-order chi connectivity index (χ1) is 11.2. The summed E-state index contributed by atoms with van der Waals surface area (Å²) < 4.78 is 17.5. The maximum absolute atomic E-state index is 5.55. The summed E-state index contributed by atoms with van der Waals surface area (Å²) in [6, 6.07) is 9.51. The Kier molecular flexibility index (Phi) is 7.16. The Morgan fingerprint density at radius 2 is 2.04 bits per heavy atom. The molecule has 0 bridgehead atoms. The van der Waals surface area contributed by atoms with Gasteiger partial charge in [-0.3, -0.25) is 0 Å². The number of aromatic nitrogens is 1. The van der Waals surface area contributed by atoms with Crippen LogP contribution in [0, 0.1) is 0 Å². The second kappa shape index (κ2) is 9.37. The van der Waals surface area contributed by atoms with Crippen molar-refractivity contribution in [1.29, 1.82) is 0 Å². The number of methoxy groups -OCH3 is 1. The molecule has 23 heavy (non-hydrogen) atoms. The van der Waals surface area contributed by atoms with Gasteiger partial charge >= 0.3 is 0 Å². The van der Waals surface area contributed by atoms with Crippen LogP contribution in [0.4, 0.5) is 0 Å². The highest BCUT2D eigenvalue weighted by Crippen LogP contribution is 2.33. The van der Waals surface area contributed by atoms with Gasteiger partial charge in [-0.1, -0.05) is 22.0 Å². The number of rotatable bonds is 9. The molecular formula is C17H21BrN2O3. The molecule has 0 radical (unpaired) electrons. The van der Waals surface area contributed by atoms with Crippen LogP contribution in [-0.4, -0.2) is 31.9 Å². The summed E-state index contributed by atoms with van der Waals surface area (Å²) in [5.74, 6) is 2.11. The number of hydrogen-bond acceptors (Lipinski definition) is 5. The SMILES string of the molecule is CCOc1cc(Br)c(CNCCOc2ccccn2)cc1OC. The Labute approximate surface area is 145 Å². The van der Waals surface area contributed by atoms with Crippen LogP contribution in [0.1, 0.15) is 12.5 Å². The Morgan fingerprint density at radius 3 is 2.74 bits per heavy atom. The summed E-state index contributed by atoms with van der Waals surface area (Å²) in [5, 5.41) is 3.34. The molecule has 0 atom stereocenters. The molecule has 0 amide bonds. The zero-order valence-corrected chi connectivity index (χ0v) is 14.9. The molecule has 0 unspecified atom stereocenters. The van der Waals surface area contributed by atoms with E-state index in [9.17, 15) is 0 Å². The average Bonchev–Trinajstić information content (AvgIpc) is 2.57. The van der Waals surface area contributed by atoms with Crippen LogP contribution in [-0.2, 0) is 6.54 Å². The Bertz CT molecular complexity index is 608. The van der Waals surface area contributed by atoms with Crippen LogP contribution >= 0.6 is 15.9 Å². The van der Waals surface area contributed by atoms with Crippen LogP contribution < -0.4 is 19.5 Å². The molecule has 124 valence electrons. The fraction of sp³-hybridized carbons (Fsp3) is 0.353. The average molecular weight is 381 g/mol. The predicted molar refractivity (Wildman–Crippen MR) is 93.3 cm³/mol. The molecule has 0 aliphatic heterocycles. The zero-order chi connectivity index (χ0) is 16.5. The molecule has 2 aromatic rings. The maximum atomic E-state index is 5.55. The van der Waals surface area contributed by atoms with E-state index < -0.39 is 0 Å². The minimum atomic E-state index is 0.558. The molecule has 5 nitrogen and oxygen atoms in total. The highest BCUT2D eigenvalue weighted by atomic mass is 79.9. The molecule has 0 spiro atoms. The molecule has 1 aromatic heterocycles. The lowest BCUT2D eigenvalue weighted by molar-refractivity contribution is 0.301. The minimum absolute atomic E-state index is 0.558. The molecule has 0 saturated carbocycles. The van der Waals surface area contributed by atoms with Gasteiger partial charge in [-0.2, -0.15) is 0 Å². The van der Waals surface area contributed by atoms with Gasteiger partial charge in [0, 0.05) is 29.8 Å². The molecule has 0 aliphatic carbocycles. The van der Waals surface area contributed by atoms with Crippen LogP contribution in [0.15, 0.2) is 41.0 Å². The van der Waals surface area contributed by atoms with Crippen molar-refractivity contribution in [2.75, 3.05) is 26.9 Å². The number of pyridine rings is 1. The fourth-order valence-electron chi connectivity index (χ4n) is 2.02. The number of ether oxygens (including phenoxy) is 3. The van der Waals surface area contributed by atoms with Crippen molar-refractivity contribution >= 4 is 15.9 Å². The lowest BCUT2D eigenvalue weighted by Crippen LogP contribution is -2.21. The largest absolute Gasteiger partial charge is 0.493 e. The number of hydrogen-bond donors (Lipinski definition) is 1. The summed E-state index contributed by atoms with van der Waals surface area (Å²) >= 11 is 3.57. The van der Waals surface area contributed by atoms with Gasteiger partial charge in [0.1, 0.15) is 6.61 Å². The molecule has 1 aromatic carbocycles. The molecular weight excluding hydrogens is 360 g/mol. The van der Waals surface area contributed by atoms with Gasteiger partial charge in [-0.25, -0.2) is 4.98 Å². The van der Waals surface area contributed by atoms with E-state index >= 15 is 0 Å². The van der Waals surface area contributed by atoms with E-state index in [2.05, 4.69) is 26.2 Å². The van der Waals surface area contributed by atoms with Crippen LogP contribution in [0.2, 0.25) is 0 Å². The third-order valence-corrected chi connectivity index (χ3v) is 3.85. The number of halogens is 1. The van der Waals surface area contributed by atoms with E-state index in [0.717, 1.165) is 28.1 Å². The van der Waals surface area contributed by atoms with Gasteiger partial charge in [0.25, 0.3) is 0 Å². The van der Waals surface area contributed by atoms with Gasteiger partial charge in [0.2, 0.25) is 5.88 Å². The summed E-state index contributed by atoms with van der Waals surface area (Å²) in [4.78, 5) is 4.11. The zero-order valence-electron chi connectivity index (χ0n) is 13.3. The first kappa shape index (κ1) is 17.6. The van der Waals surface area contributed by atoms with Gasteiger partial charge in [0.15, 0.2) is 11.5 Å². The van der Waals surface area contributed by atoms with Gasteiger partial charge in [0.05, 0.1) is 13.7 Å². The summed E-state index contributed by atoms with van der Waals surface area (Å²) in [6.45, 7) is 4.53. The van der Waals surface area contributed by atoms with E-state index in [-0.39, 0.29) is 0 Å². The second-order valence-electron chi connectivity index (χ2n) is 4.72. The van der Waals surface area contributed by atoms with E-state index in [0.29, 0.717) is 25.6 Å². The van der Waals surface area contributed by atoms with Crippen molar-refractivity contribution in [1.82, 2.24) is 10.3 Å². The standard InChI is InChI=1S/C17H21BrN2O3/c1-3-22-16-11-14(18)13(10-15(16)21-2)12-19-8-9-23-17-6-4-5-7-20-17/h4-7,10-11,19H,3,8-9,12H2,1-2H3. The van der Waals surface area contributed by atoms with Crippen LogP contribution in [0.25, 0.3) is 0 Å². The maximum Gasteiger partial charge on any atom is 0.213 e. The van der Waals surface area contributed by atoms with Crippen LogP contribution in [0.5, 0.6) is 17.4 Å². The van der Waals surface area contributed by atoms with Crippen molar-refractivity contribution in [3.05, 3.63) is 46.6 Å². The third-order valence-electron chi connectivity index (χ3n) is 3.11. The normalized spacial score (nSPS) is 10.4. The number of nitrogens with zero attached hydrogens (tertiary/aromatic N) is 1.